The maximum atomic E-state index is 12.0. The fourth-order valence-corrected chi connectivity index (χ4v) is 3.66. The van der Waals surface area contributed by atoms with Crippen LogP contribution in [0, 0.1) is 10.1 Å². The molecule has 1 aromatic rings. The molecule has 1 aromatic carbocycles. The summed E-state index contributed by atoms with van der Waals surface area (Å²) < 4.78 is 11.2. The summed E-state index contributed by atoms with van der Waals surface area (Å²) >= 11 is 0.468. The second-order valence-corrected chi connectivity index (χ2v) is 7.01. The summed E-state index contributed by atoms with van der Waals surface area (Å²) in [5.41, 5.74) is 2.68. The van der Waals surface area contributed by atoms with Crippen molar-refractivity contribution in [2.75, 3.05) is 10.8 Å². The molecule has 7 heteroatoms. The molecule has 0 N–H and O–H groups in total. The number of allylic oxidation sites excluding steroid dienone is 7. The van der Waals surface area contributed by atoms with Gasteiger partial charge < -0.3 is 9.45 Å². The minimum absolute atomic E-state index is 0.129. The molecule has 0 unspecified atom stereocenters. The van der Waals surface area contributed by atoms with Crippen molar-refractivity contribution < 1.29 is 14.3 Å². The Bertz CT molecular complexity index is 897. The van der Waals surface area contributed by atoms with E-state index in [1.807, 2.05) is 43.0 Å². The maximum absolute atomic E-state index is 12.0. The molecule has 0 aromatic heterocycles. The zero-order valence-corrected chi connectivity index (χ0v) is 15.2. The van der Waals surface area contributed by atoms with Gasteiger partial charge in [0.1, 0.15) is 0 Å². The molecule has 0 radical (unpaired) electrons. The molecule has 0 saturated carbocycles. The van der Waals surface area contributed by atoms with Crippen LogP contribution >= 0.6 is 12.0 Å². The largest absolute Gasteiger partial charge is 0.798 e. The minimum atomic E-state index is -0.528. The number of hydrogen-bond acceptors (Lipinski definition) is 6. The van der Waals surface area contributed by atoms with Crippen molar-refractivity contribution in [3.05, 3.63) is 87.3 Å². The van der Waals surface area contributed by atoms with Crippen LogP contribution in [0.4, 0.5) is 5.69 Å². The summed E-state index contributed by atoms with van der Waals surface area (Å²) in [4.78, 5) is 24.4. The average molecular weight is 369 g/mol. The van der Waals surface area contributed by atoms with Crippen molar-refractivity contribution in [1.82, 2.24) is 0 Å². The molecule has 2 aliphatic rings. The lowest BCUT2D eigenvalue weighted by Crippen LogP contribution is -2.25. The van der Waals surface area contributed by atoms with Crippen LogP contribution in [-0.2, 0) is 10.2 Å². The summed E-state index contributed by atoms with van der Waals surface area (Å²) in [7, 11) is 0. The lowest BCUT2D eigenvalue weighted by atomic mass is 9.83. The van der Waals surface area contributed by atoms with Gasteiger partial charge >= 0.3 is 0 Å². The molecular weight excluding hydrogens is 352 g/mol. The molecule has 6 nitrogen and oxygen atoms in total. The van der Waals surface area contributed by atoms with Gasteiger partial charge in [0.2, 0.25) is 0 Å². The highest BCUT2D eigenvalue weighted by Crippen LogP contribution is 2.48. The van der Waals surface area contributed by atoms with Gasteiger partial charge in [-0.2, -0.15) is 0 Å². The second-order valence-electron chi connectivity index (χ2n) is 6.51. The molecule has 0 bridgehead atoms. The SMILES string of the molecule is CC1(C)/C(=C\C=C2\C=C([N+](=O)[O-])C=CC2=O)N(CS[O-])c2ccccc21. The lowest BCUT2D eigenvalue weighted by molar-refractivity contribution is -0.419. The summed E-state index contributed by atoms with van der Waals surface area (Å²) in [5, 5.41) is 10.9. The van der Waals surface area contributed by atoms with Crippen molar-refractivity contribution in [1.29, 1.82) is 0 Å². The number of anilines is 1. The quantitative estimate of drug-likeness (QED) is 0.348. The highest BCUT2D eigenvalue weighted by atomic mass is 32.2. The van der Waals surface area contributed by atoms with Crippen LogP contribution in [0.5, 0.6) is 0 Å². The smallest absolute Gasteiger partial charge is 0.270 e. The lowest BCUT2D eigenvalue weighted by Gasteiger charge is -2.27. The van der Waals surface area contributed by atoms with Gasteiger partial charge in [-0.05, 0) is 29.9 Å². The Morgan fingerprint density at radius 1 is 1.23 bits per heavy atom. The van der Waals surface area contributed by atoms with Crippen LogP contribution in [0.2, 0.25) is 0 Å². The average Bonchev–Trinajstić information content (AvgIpc) is 2.82. The molecule has 0 fully saturated rings. The monoisotopic (exact) mass is 369 g/mol. The number of carbonyl (C=O) groups excluding carboxylic acids is 1. The van der Waals surface area contributed by atoms with E-state index < -0.39 is 4.92 Å². The second kappa shape index (κ2) is 6.93. The Hall–Kier alpha value is -2.64. The summed E-state index contributed by atoms with van der Waals surface area (Å²) in [6, 6.07) is 7.85. The fraction of sp³-hybridized carbons (Fsp3) is 0.211. The number of rotatable bonds is 4. The first-order chi connectivity index (χ1) is 12.4. The zero-order valence-electron chi connectivity index (χ0n) is 14.3. The third-order valence-electron chi connectivity index (χ3n) is 4.61. The van der Waals surface area contributed by atoms with Crippen LogP contribution < -0.4 is 4.90 Å². The van der Waals surface area contributed by atoms with Crippen LogP contribution in [0.1, 0.15) is 19.4 Å². The molecule has 1 heterocycles. The van der Waals surface area contributed by atoms with E-state index in [0.717, 1.165) is 16.9 Å². The van der Waals surface area contributed by atoms with Crippen LogP contribution in [0.25, 0.3) is 0 Å². The summed E-state index contributed by atoms with van der Waals surface area (Å²) in [5.74, 6) is -0.0512. The maximum Gasteiger partial charge on any atom is 0.270 e. The number of benzene rings is 1. The number of ketones is 1. The van der Waals surface area contributed by atoms with Gasteiger partial charge in [0.15, 0.2) is 5.78 Å². The number of para-hydroxylation sites is 1. The van der Waals surface area contributed by atoms with E-state index in [1.54, 1.807) is 12.2 Å². The number of nitro groups is 1. The van der Waals surface area contributed by atoms with Crippen molar-refractivity contribution in [2.45, 2.75) is 19.3 Å². The standard InChI is InChI=1S/C19H18N2O4S/c1-19(2)15-5-3-4-6-16(15)20(12-26-25)18(19)10-7-13-11-14(21(23)24)8-9-17(13)22/h3-11,25H,12H2,1-2H3/p-1/b13-7-,18-10+. The topological polar surface area (TPSA) is 86.5 Å². The molecule has 0 amide bonds. The van der Waals surface area contributed by atoms with Crippen molar-refractivity contribution >= 4 is 23.5 Å². The molecule has 134 valence electrons. The highest BCUT2D eigenvalue weighted by molar-refractivity contribution is 7.93. The van der Waals surface area contributed by atoms with Gasteiger partial charge in [0.25, 0.3) is 5.70 Å². The van der Waals surface area contributed by atoms with E-state index in [1.165, 1.54) is 18.2 Å². The van der Waals surface area contributed by atoms with E-state index >= 15 is 0 Å². The first-order valence-electron chi connectivity index (χ1n) is 7.99. The van der Waals surface area contributed by atoms with Gasteiger partial charge in [-0.25, -0.2) is 12.0 Å². The van der Waals surface area contributed by atoms with Crippen molar-refractivity contribution in [2.24, 2.45) is 0 Å². The predicted molar refractivity (Wildman–Crippen MR) is 101 cm³/mol. The van der Waals surface area contributed by atoms with Gasteiger partial charge in [-0.1, -0.05) is 32.0 Å². The number of nitrogens with zero attached hydrogens (tertiary/aromatic N) is 2. The fourth-order valence-electron chi connectivity index (χ4n) is 3.28. The highest BCUT2D eigenvalue weighted by Gasteiger charge is 2.39. The van der Waals surface area contributed by atoms with Crippen LogP contribution in [0.3, 0.4) is 0 Å². The Morgan fingerprint density at radius 2 is 1.96 bits per heavy atom. The van der Waals surface area contributed by atoms with Crippen molar-refractivity contribution in [3.63, 3.8) is 0 Å². The third-order valence-corrected chi connectivity index (χ3v) is 4.97. The molecule has 1 aliphatic carbocycles. The number of hydrogen-bond donors (Lipinski definition) is 0. The molecule has 1 aliphatic heterocycles. The van der Waals surface area contributed by atoms with Crippen molar-refractivity contribution in [3.8, 4) is 0 Å². The predicted octanol–water partition coefficient (Wildman–Crippen LogP) is 3.72. The summed E-state index contributed by atoms with van der Waals surface area (Å²) in [6.45, 7) is 4.10. The Kier molecular flexibility index (Phi) is 4.84. The first-order valence-corrected chi connectivity index (χ1v) is 8.90. The zero-order chi connectivity index (χ0) is 18.9. The Labute approximate surface area is 155 Å². The van der Waals surface area contributed by atoms with E-state index in [0.29, 0.717) is 12.0 Å². The molecule has 3 rings (SSSR count). The van der Waals surface area contributed by atoms with E-state index in [4.69, 9.17) is 0 Å². The molecule has 0 saturated heterocycles. The molecule has 0 spiro atoms. The normalized spacial score (nSPS) is 21.3. The number of fused-ring (bicyclic) bond motifs is 1. The summed E-state index contributed by atoms with van der Waals surface area (Å²) in [6.07, 6.45) is 7.02. The van der Waals surface area contributed by atoms with Gasteiger partial charge in [0, 0.05) is 34.5 Å². The van der Waals surface area contributed by atoms with E-state index in [-0.39, 0.29) is 28.3 Å². The Balaban J connectivity index is 2.06. The minimum Gasteiger partial charge on any atom is -0.798 e. The van der Waals surface area contributed by atoms with Gasteiger partial charge in [-0.15, -0.1) is 0 Å². The molecular formula is C19H17N2O4S-. The van der Waals surface area contributed by atoms with Gasteiger partial charge in [-0.3, -0.25) is 14.9 Å². The van der Waals surface area contributed by atoms with Crippen LogP contribution in [0.15, 0.2) is 71.6 Å². The third kappa shape index (κ3) is 3.11. The van der Waals surface area contributed by atoms with E-state index in [2.05, 4.69) is 0 Å². The number of carbonyl (C=O) groups is 1. The van der Waals surface area contributed by atoms with E-state index in [9.17, 15) is 19.5 Å². The Morgan fingerprint density at radius 3 is 2.65 bits per heavy atom. The van der Waals surface area contributed by atoms with Crippen LogP contribution in [-0.4, -0.2) is 21.1 Å². The molecule has 0 atom stereocenters. The first kappa shape index (κ1) is 18.2. The molecule has 26 heavy (non-hydrogen) atoms. The van der Waals surface area contributed by atoms with Gasteiger partial charge in [0.05, 0.1) is 10.8 Å².